The van der Waals surface area contributed by atoms with Crippen LogP contribution in [0.2, 0.25) is 0 Å². The standard InChI is InChI=1S/C21H19F3N4O3S/c22-21(23,24)8-11-32(30,31)28-12-16-18(17(29)13-28)20(26-15-4-2-1-3-5-15)19(27-16)14-6-9-25-10-7-14/h1-7,9-10,26-27H,8,11-13H2. The van der Waals surface area contributed by atoms with E-state index in [-0.39, 0.29) is 6.54 Å². The number of H-pyrrole nitrogens is 1. The summed E-state index contributed by atoms with van der Waals surface area (Å²) in [4.78, 5) is 20.1. The van der Waals surface area contributed by atoms with Crippen LogP contribution in [0.4, 0.5) is 24.5 Å². The number of anilines is 2. The summed E-state index contributed by atoms with van der Waals surface area (Å²) in [7, 11) is -4.28. The van der Waals surface area contributed by atoms with E-state index in [1.165, 1.54) is 0 Å². The lowest BCUT2D eigenvalue weighted by molar-refractivity contribution is -0.130. The number of halogens is 3. The van der Waals surface area contributed by atoms with E-state index in [1.54, 1.807) is 24.5 Å². The van der Waals surface area contributed by atoms with Crippen molar-refractivity contribution in [3.63, 3.8) is 0 Å². The van der Waals surface area contributed by atoms with Crippen LogP contribution in [0.15, 0.2) is 54.9 Å². The lowest BCUT2D eigenvalue weighted by Gasteiger charge is -2.26. The Balaban J connectivity index is 1.73. The second-order valence-corrected chi connectivity index (χ2v) is 9.42. The van der Waals surface area contributed by atoms with Crippen LogP contribution in [-0.2, 0) is 16.6 Å². The van der Waals surface area contributed by atoms with Crippen LogP contribution in [-0.4, -0.2) is 46.9 Å². The quantitative estimate of drug-likeness (QED) is 0.573. The van der Waals surface area contributed by atoms with Crippen molar-refractivity contribution in [2.75, 3.05) is 17.6 Å². The topological polar surface area (TPSA) is 95.2 Å². The molecule has 3 heterocycles. The van der Waals surface area contributed by atoms with E-state index >= 15 is 0 Å². The van der Waals surface area contributed by atoms with Crippen molar-refractivity contribution in [3.05, 3.63) is 66.1 Å². The number of ketones is 1. The summed E-state index contributed by atoms with van der Waals surface area (Å²) in [5, 5.41) is 3.22. The Morgan fingerprint density at radius 3 is 2.41 bits per heavy atom. The average Bonchev–Trinajstić information content (AvgIpc) is 3.12. The molecule has 1 aliphatic heterocycles. The van der Waals surface area contributed by atoms with Gasteiger partial charge in [-0.05, 0) is 24.3 Å². The Morgan fingerprint density at radius 1 is 1.06 bits per heavy atom. The lowest BCUT2D eigenvalue weighted by atomic mass is 10.0. The number of hydrogen-bond acceptors (Lipinski definition) is 5. The lowest BCUT2D eigenvalue weighted by Crippen LogP contribution is -2.41. The van der Waals surface area contributed by atoms with Crippen LogP contribution in [0.3, 0.4) is 0 Å². The highest BCUT2D eigenvalue weighted by Gasteiger charge is 2.38. The summed E-state index contributed by atoms with van der Waals surface area (Å²) < 4.78 is 63.4. The molecule has 0 aliphatic carbocycles. The van der Waals surface area contributed by atoms with E-state index in [0.29, 0.717) is 28.2 Å². The van der Waals surface area contributed by atoms with Crippen molar-refractivity contribution in [2.24, 2.45) is 0 Å². The molecule has 1 aromatic carbocycles. The molecular formula is C21H19F3N4O3S. The van der Waals surface area contributed by atoms with E-state index in [1.807, 2.05) is 30.3 Å². The van der Waals surface area contributed by atoms with Crippen LogP contribution in [0.1, 0.15) is 22.5 Å². The van der Waals surface area contributed by atoms with Crippen molar-refractivity contribution < 1.29 is 26.4 Å². The first-order valence-corrected chi connectivity index (χ1v) is 11.3. The molecule has 0 amide bonds. The molecule has 0 saturated carbocycles. The number of carbonyl (C=O) groups excluding carboxylic acids is 1. The minimum Gasteiger partial charge on any atom is -0.355 e. The van der Waals surface area contributed by atoms with Gasteiger partial charge in [0.05, 0.1) is 42.2 Å². The number of carbonyl (C=O) groups is 1. The molecular weight excluding hydrogens is 445 g/mol. The van der Waals surface area contributed by atoms with Gasteiger partial charge in [0, 0.05) is 29.3 Å². The van der Waals surface area contributed by atoms with Gasteiger partial charge in [-0.15, -0.1) is 0 Å². The molecule has 168 valence electrons. The van der Waals surface area contributed by atoms with Crippen molar-refractivity contribution in [2.45, 2.75) is 19.1 Å². The molecule has 1 aliphatic rings. The number of benzene rings is 1. The van der Waals surface area contributed by atoms with Crippen molar-refractivity contribution in [1.29, 1.82) is 0 Å². The van der Waals surface area contributed by atoms with E-state index < -0.39 is 40.7 Å². The van der Waals surface area contributed by atoms with Gasteiger partial charge in [-0.25, -0.2) is 8.42 Å². The monoisotopic (exact) mass is 464 g/mol. The Labute approximate surface area is 182 Å². The number of para-hydroxylation sites is 1. The predicted molar refractivity (Wildman–Crippen MR) is 113 cm³/mol. The van der Waals surface area contributed by atoms with Gasteiger partial charge in [-0.3, -0.25) is 9.78 Å². The fraction of sp³-hybridized carbons (Fsp3) is 0.238. The fourth-order valence-electron chi connectivity index (χ4n) is 3.55. The predicted octanol–water partition coefficient (Wildman–Crippen LogP) is 4.10. The zero-order valence-electron chi connectivity index (χ0n) is 16.7. The van der Waals surface area contributed by atoms with E-state index in [0.717, 1.165) is 9.99 Å². The van der Waals surface area contributed by atoms with Crippen LogP contribution in [0.25, 0.3) is 11.3 Å². The number of fused-ring (bicyclic) bond motifs is 1. The van der Waals surface area contributed by atoms with Gasteiger partial charge in [0.25, 0.3) is 0 Å². The molecule has 0 atom stereocenters. The number of nitrogens with zero attached hydrogens (tertiary/aromatic N) is 2. The van der Waals surface area contributed by atoms with Crippen molar-refractivity contribution >= 4 is 27.2 Å². The Hall–Kier alpha value is -3.18. The Morgan fingerprint density at radius 2 is 1.75 bits per heavy atom. The third-order valence-electron chi connectivity index (χ3n) is 5.06. The smallest absolute Gasteiger partial charge is 0.355 e. The average molecular weight is 464 g/mol. The second kappa shape index (κ2) is 8.40. The first-order chi connectivity index (χ1) is 15.1. The number of aromatic nitrogens is 2. The number of nitrogens with one attached hydrogen (secondary N) is 2. The SMILES string of the molecule is O=C1CN(S(=O)(=O)CCC(F)(F)F)Cc2[nH]c(-c3ccncc3)c(Nc3ccccc3)c21. The number of aromatic amines is 1. The summed E-state index contributed by atoms with van der Waals surface area (Å²) in [6.07, 6.45) is -2.92. The molecule has 2 aromatic heterocycles. The maximum atomic E-state index is 13.0. The number of hydrogen-bond donors (Lipinski definition) is 2. The number of rotatable bonds is 6. The van der Waals surface area contributed by atoms with Crippen LogP contribution in [0, 0.1) is 0 Å². The van der Waals surface area contributed by atoms with Crippen LogP contribution in [0.5, 0.6) is 0 Å². The van der Waals surface area contributed by atoms with Gasteiger partial charge in [-0.1, -0.05) is 18.2 Å². The summed E-state index contributed by atoms with van der Waals surface area (Å²) in [6, 6.07) is 12.6. The zero-order valence-corrected chi connectivity index (χ0v) is 17.5. The van der Waals surface area contributed by atoms with Crippen LogP contribution < -0.4 is 5.32 Å². The number of Topliss-reactive ketones (excluding diaryl/α,β-unsaturated/α-hetero) is 1. The highest BCUT2D eigenvalue weighted by Crippen LogP contribution is 2.38. The molecule has 32 heavy (non-hydrogen) atoms. The molecule has 7 nitrogen and oxygen atoms in total. The Bertz CT molecular complexity index is 1230. The molecule has 0 bridgehead atoms. The van der Waals surface area contributed by atoms with Gasteiger partial charge < -0.3 is 10.3 Å². The largest absolute Gasteiger partial charge is 0.390 e. The van der Waals surface area contributed by atoms with Gasteiger partial charge >= 0.3 is 6.18 Å². The number of sulfonamides is 1. The maximum absolute atomic E-state index is 13.0. The summed E-state index contributed by atoms with van der Waals surface area (Å²) in [6.45, 7) is -0.750. The number of alkyl halides is 3. The highest BCUT2D eigenvalue weighted by atomic mass is 32.2. The summed E-state index contributed by atoms with van der Waals surface area (Å²) in [5.41, 5.74) is 3.09. The Kier molecular flexibility index (Phi) is 5.78. The second-order valence-electron chi connectivity index (χ2n) is 7.33. The van der Waals surface area contributed by atoms with Crippen molar-refractivity contribution in [1.82, 2.24) is 14.3 Å². The molecule has 0 spiro atoms. The van der Waals surface area contributed by atoms with Gasteiger partial charge in [-0.2, -0.15) is 17.5 Å². The molecule has 11 heteroatoms. The molecule has 0 fully saturated rings. The minimum atomic E-state index is -4.61. The molecule has 0 radical (unpaired) electrons. The minimum absolute atomic E-state index is 0.226. The third-order valence-corrected chi connectivity index (χ3v) is 6.82. The van der Waals surface area contributed by atoms with Crippen LogP contribution >= 0.6 is 0 Å². The molecule has 3 aromatic rings. The summed E-state index contributed by atoms with van der Waals surface area (Å²) >= 11 is 0. The van der Waals surface area contributed by atoms with E-state index in [4.69, 9.17) is 0 Å². The number of pyridine rings is 1. The highest BCUT2D eigenvalue weighted by molar-refractivity contribution is 7.89. The van der Waals surface area contributed by atoms with Gasteiger partial charge in [0.2, 0.25) is 10.0 Å². The zero-order chi connectivity index (χ0) is 22.9. The van der Waals surface area contributed by atoms with E-state index in [9.17, 15) is 26.4 Å². The van der Waals surface area contributed by atoms with E-state index in [2.05, 4.69) is 15.3 Å². The fourth-order valence-corrected chi connectivity index (χ4v) is 4.93. The van der Waals surface area contributed by atoms with Gasteiger partial charge in [0.15, 0.2) is 5.78 Å². The first kappa shape index (κ1) is 22.0. The normalized spacial score (nSPS) is 14.9. The maximum Gasteiger partial charge on any atom is 0.390 e. The van der Waals surface area contributed by atoms with Crippen molar-refractivity contribution in [3.8, 4) is 11.3 Å². The molecule has 0 saturated heterocycles. The molecule has 4 rings (SSSR count). The van der Waals surface area contributed by atoms with Gasteiger partial charge in [0.1, 0.15) is 0 Å². The molecule has 2 N–H and O–H groups in total. The third kappa shape index (κ3) is 4.68. The first-order valence-electron chi connectivity index (χ1n) is 9.69. The molecule has 0 unspecified atom stereocenters. The summed E-state index contributed by atoms with van der Waals surface area (Å²) in [5.74, 6) is -1.61.